The number of Topliss-reactive ketones (excluding diaryl/α,β-unsaturated/α-hetero) is 2. The van der Waals surface area contributed by atoms with E-state index in [9.17, 15) is 9.59 Å². The van der Waals surface area contributed by atoms with Crippen LogP contribution in [-0.2, 0) is 4.79 Å². The number of benzene rings is 1. The van der Waals surface area contributed by atoms with Crippen LogP contribution in [0.2, 0.25) is 0 Å². The second-order valence-electron chi connectivity index (χ2n) is 4.63. The predicted molar refractivity (Wildman–Crippen MR) is 74.1 cm³/mol. The van der Waals surface area contributed by atoms with Gasteiger partial charge in [-0.05, 0) is 12.5 Å². The fourth-order valence-electron chi connectivity index (χ4n) is 2.32. The van der Waals surface area contributed by atoms with Crippen LogP contribution in [0.15, 0.2) is 54.3 Å². The first-order chi connectivity index (χ1) is 9.25. The molecule has 0 atom stereocenters. The summed E-state index contributed by atoms with van der Waals surface area (Å²) in [5.41, 5.74) is 2.34. The van der Waals surface area contributed by atoms with E-state index >= 15 is 0 Å². The van der Waals surface area contributed by atoms with Gasteiger partial charge >= 0.3 is 0 Å². The van der Waals surface area contributed by atoms with E-state index in [1.54, 1.807) is 6.20 Å². The molecule has 19 heavy (non-hydrogen) atoms. The summed E-state index contributed by atoms with van der Waals surface area (Å²) >= 11 is 0. The molecule has 1 aliphatic rings. The van der Waals surface area contributed by atoms with Gasteiger partial charge in [-0.15, -0.1) is 0 Å². The number of aromatic nitrogens is 1. The number of hydrogen-bond donors (Lipinski definition) is 1. The molecule has 0 unspecified atom stereocenters. The van der Waals surface area contributed by atoms with E-state index in [0.29, 0.717) is 5.56 Å². The number of ketones is 2. The van der Waals surface area contributed by atoms with Crippen molar-refractivity contribution in [3.8, 4) is 0 Å². The van der Waals surface area contributed by atoms with Crippen LogP contribution in [0.25, 0.3) is 10.9 Å². The van der Waals surface area contributed by atoms with Gasteiger partial charge in [0.2, 0.25) is 11.6 Å². The SMILES string of the molecule is O=C(CC1=CC=CC1)C(=O)c1c[nH]c2ccccc12. The van der Waals surface area contributed by atoms with Crippen molar-refractivity contribution >= 4 is 22.5 Å². The predicted octanol–water partition coefficient (Wildman–Crippen LogP) is 3.20. The summed E-state index contributed by atoms with van der Waals surface area (Å²) in [4.78, 5) is 27.2. The van der Waals surface area contributed by atoms with Crippen molar-refractivity contribution in [2.75, 3.05) is 0 Å². The highest BCUT2D eigenvalue weighted by molar-refractivity contribution is 6.46. The normalized spacial score (nSPS) is 13.8. The molecule has 1 aromatic heterocycles. The molecule has 3 rings (SSSR count). The minimum Gasteiger partial charge on any atom is -0.360 e. The number of allylic oxidation sites excluding steroid dienone is 4. The summed E-state index contributed by atoms with van der Waals surface area (Å²) in [6, 6.07) is 7.49. The highest BCUT2D eigenvalue weighted by Crippen LogP contribution is 2.21. The summed E-state index contributed by atoms with van der Waals surface area (Å²) in [6.07, 6.45) is 8.41. The monoisotopic (exact) mass is 251 g/mol. The Morgan fingerprint density at radius 3 is 2.84 bits per heavy atom. The number of para-hydroxylation sites is 1. The lowest BCUT2D eigenvalue weighted by molar-refractivity contribution is -0.114. The third-order valence-electron chi connectivity index (χ3n) is 3.32. The quantitative estimate of drug-likeness (QED) is 0.670. The lowest BCUT2D eigenvalue weighted by Crippen LogP contribution is -2.14. The van der Waals surface area contributed by atoms with Gasteiger partial charge in [0.1, 0.15) is 0 Å². The number of fused-ring (bicyclic) bond motifs is 1. The summed E-state index contributed by atoms with van der Waals surface area (Å²) < 4.78 is 0. The highest BCUT2D eigenvalue weighted by Gasteiger charge is 2.20. The van der Waals surface area contributed by atoms with Crippen LogP contribution in [0.5, 0.6) is 0 Å². The van der Waals surface area contributed by atoms with Gasteiger partial charge in [-0.3, -0.25) is 9.59 Å². The molecule has 1 heterocycles. The zero-order valence-corrected chi connectivity index (χ0v) is 10.3. The van der Waals surface area contributed by atoms with Crippen molar-refractivity contribution in [2.24, 2.45) is 0 Å². The maximum absolute atomic E-state index is 12.2. The zero-order valence-electron chi connectivity index (χ0n) is 10.3. The van der Waals surface area contributed by atoms with Gasteiger partial charge < -0.3 is 4.98 Å². The minimum atomic E-state index is -0.412. The van der Waals surface area contributed by atoms with Crippen LogP contribution in [0.1, 0.15) is 23.2 Å². The first kappa shape index (κ1) is 11.7. The van der Waals surface area contributed by atoms with Gasteiger partial charge in [0, 0.05) is 23.5 Å². The fraction of sp³-hybridized carbons (Fsp3) is 0.125. The second kappa shape index (κ2) is 4.69. The topological polar surface area (TPSA) is 49.9 Å². The lowest BCUT2D eigenvalue weighted by atomic mass is 10.0. The van der Waals surface area contributed by atoms with Crippen molar-refractivity contribution in [3.63, 3.8) is 0 Å². The second-order valence-corrected chi connectivity index (χ2v) is 4.63. The van der Waals surface area contributed by atoms with Gasteiger partial charge in [-0.25, -0.2) is 0 Å². The van der Waals surface area contributed by atoms with Gasteiger partial charge in [0.25, 0.3) is 0 Å². The minimum absolute atomic E-state index is 0.214. The van der Waals surface area contributed by atoms with Crippen molar-refractivity contribution in [1.29, 1.82) is 0 Å². The Morgan fingerprint density at radius 1 is 1.21 bits per heavy atom. The van der Waals surface area contributed by atoms with E-state index in [0.717, 1.165) is 22.9 Å². The maximum Gasteiger partial charge on any atom is 0.231 e. The molecule has 0 spiro atoms. The van der Waals surface area contributed by atoms with Crippen LogP contribution in [0.4, 0.5) is 0 Å². The average molecular weight is 251 g/mol. The molecule has 0 amide bonds. The number of rotatable bonds is 4. The van der Waals surface area contributed by atoms with Gasteiger partial charge in [-0.2, -0.15) is 0 Å². The standard InChI is InChI=1S/C16H13NO2/c18-15(9-11-5-1-2-6-11)16(19)13-10-17-14-8-4-3-7-12(13)14/h1-5,7-8,10,17H,6,9H2. The number of hydrogen-bond acceptors (Lipinski definition) is 2. The number of carbonyl (C=O) groups is 2. The van der Waals surface area contributed by atoms with E-state index in [4.69, 9.17) is 0 Å². The van der Waals surface area contributed by atoms with E-state index in [-0.39, 0.29) is 12.2 Å². The van der Waals surface area contributed by atoms with Gasteiger partial charge in [0.05, 0.1) is 5.56 Å². The van der Waals surface area contributed by atoms with Crippen LogP contribution in [0.3, 0.4) is 0 Å². The molecule has 3 nitrogen and oxygen atoms in total. The Kier molecular flexibility index (Phi) is 2.88. The molecule has 0 saturated carbocycles. The third-order valence-corrected chi connectivity index (χ3v) is 3.32. The Hall–Kier alpha value is -2.42. The van der Waals surface area contributed by atoms with Crippen LogP contribution in [0, 0.1) is 0 Å². The Bertz CT molecular complexity index is 719. The molecular weight excluding hydrogens is 238 g/mol. The van der Waals surface area contributed by atoms with Gasteiger partial charge in [-0.1, -0.05) is 42.0 Å². The first-order valence-electron chi connectivity index (χ1n) is 6.24. The largest absolute Gasteiger partial charge is 0.360 e. The molecule has 0 aliphatic heterocycles. The molecule has 1 aliphatic carbocycles. The molecule has 1 N–H and O–H groups in total. The first-order valence-corrected chi connectivity index (χ1v) is 6.24. The molecule has 1 aromatic carbocycles. The summed E-state index contributed by atoms with van der Waals surface area (Å²) in [6.45, 7) is 0. The fourth-order valence-corrected chi connectivity index (χ4v) is 2.32. The number of carbonyl (C=O) groups excluding carboxylic acids is 2. The molecule has 0 fully saturated rings. The van der Waals surface area contributed by atoms with E-state index in [1.165, 1.54) is 0 Å². The van der Waals surface area contributed by atoms with Crippen LogP contribution < -0.4 is 0 Å². The highest BCUT2D eigenvalue weighted by atomic mass is 16.2. The Morgan fingerprint density at radius 2 is 2.05 bits per heavy atom. The molecule has 0 saturated heterocycles. The smallest absolute Gasteiger partial charge is 0.231 e. The zero-order chi connectivity index (χ0) is 13.2. The van der Waals surface area contributed by atoms with E-state index < -0.39 is 5.78 Å². The maximum atomic E-state index is 12.2. The van der Waals surface area contributed by atoms with Crippen molar-refractivity contribution < 1.29 is 9.59 Å². The number of nitrogens with one attached hydrogen (secondary N) is 1. The molecule has 0 bridgehead atoms. The van der Waals surface area contributed by atoms with Crippen molar-refractivity contribution in [3.05, 3.63) is 59.8 Å². The molecule has 3 heteroatoms. The molecule has 94 valence electrons. The Labute approximate surface area is 110 Å². The summed E-state index contributed by atoms with van der Waals surface area (Å²) in [7, 11) is 0. The number of H-pyrrole nitrogens is 1. The van der Waals surface area contributed by atoms with Crippen LogP contribution >= 0.6 is 0 Å². The van der Waals surface area contributed by atoms with Crippen molar-refractivity contribution in [2.45, 2.75) is 12.8 Å². The average Bonchev–Trinajstić information content (AvgIpc) is 3.06. The van der Waals surface area contributed by atoms with Crippen LogP contribution in [-0.4, -0.2) is 16.6 Å². The Balaban J connectivity index is 1.85. The summed E-state index contributed by atoms with van der Waals surface area (Å²) in [5, 5.41) is 0.805. The number of aromatic amines is 1. The molecule has 2 aromatic rings. The summed E-state index contributed by atoms with van der Waals surface area (Å²) in [5.74, 6) is -0.759. The molecule has 0 radical (unpaired) electrons. The lowest BCUT2D eigenvalue weighted by Gasteiger charge is -2.00. The third kappa shape index (κ3) is 2.15. The van der Waals surface area contributed by atoms with E-state index in [2.05, 4.69) is 4.98 Å². The van der Waals surface area contributed by atoms with Crippen molar-refractivity contribution in [1.82, 2.24) is 4.98 Å². The molecular formula is C16H13NO2. The van der Waals surface area contributed by atoms with E-state index in [1.807, 2.05) is 42.5 Å². The van der Waals surface area contributed by atoms with Gasteiger partial charge in [0.15, 0.2) is 0 Å².